The molecule has 0 spiro atoms. The number of hydrogen-bond acceptors (Lipinski definition) is 6. The van der Waals surface area contributed by atoms with Crippen molar-refractivity contribution in [1.29, 1.82) is 10.8 Å². The second-order valence-electron chi connectivity index (χ2n) is 3.98. The van der Waals surface area contributed by atoms with Gasteiger partial charge in [0.05, 0.1) is 5.60 Å². The molecule has 6 heteroatoms. The van der Waals surface area contributed by atoms with Crippen LogP contribution < -0.4 is 0 Å². The fraction of sp³-hybridized carbons (Fsp3) is 0.818. The van der Waals surface area contributed by atoms with Crippen LogP contribution in [0, 0.1) is 16.7 Å². The molecule has 100 valence electrons. The Bertz CT molecular complexity index is 212. The van der Waals surface area contributed by atoms with E-state index in [2.05, 4.69) is 0 Å². The summed E-state index contributed by atoms with van der Waals surface area (Å²) in [5.41, 5.74) is -0.574. The topological polar surface area (TPSA) is 122 Å². The molecular formula is C11H22N2O4. The standard InChI is InChI=1S/C9H20O2.2CHNO/c1-8(9(2,3)11)6-4-5-7-10;2*2-1-3/h8,10-11H,4-7H2,1-3H3;2*2H. The molecule has 0 saturated carbocycles. The molecule has 0 aliphatic rings. The van der Waals surface area contributed by atoms with E-state index in [1.807, 2.05) is 20.8 Å². The first-order valence-electron chi connectivity index (χ1n) is 5.22. The second kappa shape index (κ2) is 14.7. The van der Waals surface area contributed by atoms with Crippen molar-refractivity contribution < 1.29 is 19.8 Å². The highest BCUT2D eigenvalue weighted by atomic mass is 16.3. The quantitative estimate of drug-likeness (QED) is 0.332. The van der Waals surface area contributed by atoms with Gasteiger partial charge in [-0.3, -0.25) is 0 Å². The molecule has 0 aliphatic heterocycles. The summed E-state index contributed by atoms with van der Waals surface area (Å²) >= 11 is 0. The Morgan fingerprint density at radius 1 is 1.18 bits per heavy atom. The first-order chi connectivity index (χ1) is 7.81. The zero-order valence-corrected chi connectivity index (χ0v) is 10.6. The number of aliphatic hydroxyl groups excluding tert-OH is 1. The maximum atomic E-state index is 9.52. The third-order valence-corrected chi connectivity index (χ3v) is 2.25. The maximum absolute atomic E-state index is 9.52. The third-order valence-electron chi connectivity index (χ3n) is 2.25. The minimum Gasteiger partial charge on any atom is -0.396 e. The second-order valence-corrected chi connectivity index (χ2v) is 3.98. The van der Waals surface area contributed by atoms with Crippen LogP contribution in [0.3, 0.4) is 0 Å². The molecule has 0 bridgehead atoms. The first-order valence-corrected chi connectivity index (χ1v) is 5.22. The highest BCUT2D eigenvalue weighted by molar-refractivity contribution is 5.26. The molecule has 0 heterocycles. The lowest BCUT2D eigenvalue weighted by Crippen LogP contribution is -2.28. The van der Waals surface area contributed by atoms with Gasteiger partial charge < -0.3 is 10.2 Å². The Hall–Kier alpha value is -1.32. The van der Waals surface area contributed by atoms with Gasteiger partial charge in [-0.2, -0.15) is 0 Å². The smallest absolute Gasteiger partial charge is 0.231 e. The minimum absolute atomic E-state index is 0.262. The van der Waals surface area contributed by atoms with Crippen LogP contribution in [-0.2, 0) is 9.59 Å². The van der Waals surface area contributed by atoms with Crippen LogP contribution >= 0.6 is 0 Å². The molecule has 0 fully saturated rings. The lowest BCUT2D eigenvalue weighted by Gasteiger charge is -2.25. The van der Waals surface area contributed by atoms with Gasteiger partial charge in [-0.05, 0) is 32.6 Å². The SMILES string of the molecule is CC(CCCCO)C(C)(C)O.N=C=O.N=C=O. The van der Waals surface area contributed by atoms with Gasteiger partial charge in [0.25, 0.3) is 0 Å². The first kappa shape index (κ1) is 21.0. The molecular weight excluding hydrogens is 224 g/mol. The molecule has 0 aliphatic carbocycles. The summed E-state index contributed by atoms with van der Waals surface area (Å²) in [4.78, 5) is 16.7. The van der Waals surface area contributed by atoms with Crippen LogP contribution in [0.2, 0.25) is 0 Å². The maximum Gasteiger partial charge on any atom is 0.231 e. The highest BCUT2D eigenvalue weighted by Crippen LogP contribution is 2.20. The molecule has 17 heavy (non-hydrogen) atoms. The van der Waals surface area contributed by atoms with Gasteiger partial charge >= 0.3 is 0 Å². The molecule has 1 unspecified atom stereocenters. The van der Waals surface area contributed by atoms with Gasteiger partial charge in [-0.1, -0.05) is 13.3 Å². The third kappa shape index (κ3) is 25.2. The lowest BCUT2D eigenvalue weighted by atomic mass is 9.88. The number of nitrogens with one attached hydrogen (secondary N) is 2. The molecule has 6 nitrogen and oxygen atoms in total. The van der Waals surface area contributed by atoms with Crippen LogP contribution in [0.15, 0.2) is 0 Å². The molecule has 0 aromatic heterocycles. The summed E-state index contributed by atoms with van der Waals surface area (Å²) in [5, 5.41) is 28.8. The van der Waals surface area contributed by atoms with E-state index in [1.54, 1.807) is 0 Å². The predicted molar refractivity (Wildman–Crippen MR) is 63.2 cm³/mol. The van der Waals surface area contributed by atoms with Crippen molar-refractivity contribution in [2.24, 2.45) is 5.92 Å². The van der Waals surface area contributed by atoms with Crippen molar-refractivity contribution in [1.82, 2.24) is 0 Å². The fourth-order valence-corrected chi connectivity index (χ4v) is 0.916. The van der Waals surface area contributed by atoms with Crippen molar-refractivity contribution >= 4 is 12.2 Å². The van der Waals surface area contributed by atoms with E-state index in [0.717, 1.165) is 31.4 Å². The van der Waals surface area contributed by atoms with Crippen LogP contribution in [0.4, 0.5) is 0 Å². The van der Waals surface area contributed by atoms with Gasteiger partial charge in [0.1, 0.15) is 0 Å². The van der Waals surface area contributed by atoms with Crippen molar-refractivity contribution in [2.45, 2.75) is 45.6 Å². The highest BCUT2D eigenvalue weighted by Gasteiger charge is 2.20. The Morgan fingerprint density at radius 2 is 1.53 bits per heavy atom. The van der Waals surface area contributed by atoms with E-state index in [4.69, 9.17) is 25.5 Å². The Kier molecular flexibility index (Phi) is 18.1. The largest absolute Gasteiger partial charge is 0.396 e. The van der Waals surface area contributed by atoms with Gasteiger partial charge in [0, 0.05) is 6.61 Å². The summed E-state index contributed by atoms with van der Waals surface area (Å²) in [7, 11) is 0. The predicted octanol–water partition coefficient (Wildman–Crippen LogP) is 1.36. The molecule has 0 radical (unpaired) electrons. The normalized spacial score (nSPS) is 10.6. The van der Waals surface area contributed by atoms with E-state index in [0.29, 0.717) is 5.92 Å². The molecule has 0 rings (SSSR count). The number of rotatable bonds is 5. The van der Waals surface area contributed by atoms with E-state index < -0.39 is 5.60 Å². The lowest BCUT2D eigenvalue weighted by molar-refractivity contribution is 0.0199. The van der Waals surface area contributed by atoms with E-state index in [-0.39, 0.29) is 6.61 Å². The Labute approximate surface area is 102 Å². The summed E-state index contributed by atoms with van der Waals surface area (Å²) in [6.45, 7) is 5.96. The van der Waals surface area contributed by atoms with Gasteiger partial charge in [0.2, 0.25) is 12.2 Å². The number of isocyanates is 2. The summed E-state index contributed by atoms with van der Waals surface area (Å²) in [6.07, 6.45) is 4.34. The average Bonchev–Trinajstić information content (AvgIpc) is 2.19. The monoisotopic (exact) mass is 246 g/mol. The van der Waals surface area contributed by atoms with Gasteiger partial charge in [-0.25, -0.2) is 20.4 Å². The van der Waals surface area contributed by atoms with Crippen LogP contribution in [0.5, 0.6) is 0 Å². The molecule has 0 saturated heterocycles. The van der Waals surface area contributed by atoms with Crippen molar-refractivity contribution in [2.75, 3.05) is 6.61 Å². The molecule has 1 atom stereocenters. The summed E-state index contributed by atoms with van der Waals surface area (Å²) < 4.78 is 0. The summed E-state index contributed by atoms with van der Waals surface area (Å²) in [5.74, 6) is 0.314. The zero-order valence-electron chi connectivity index (χ0n) is 10.6. The Balaban J connectivity index is -0.000000273. The van der Waals surface area contributed by atoms with Gasteiger partial charge in [-0.15, -0.1) is 0 Å². The van der Waals surface area contributed by atoms with E-state index >= 15 is 0 Å². The van der Waals surface area contributed by atoms with E-state index in [1.165, 1.54) is 0 Å². The van der Waals surface area contributed by atoms with Crippen LogP contribution in [0.25, 0.3) is 0 Å². The van der Waals surface area contributed by atoms with Crippen molar-refractivity contribution in [3.05, 3.63) is 0 Å². The Morgan fingerprint density at radius 3 is 1.76 bits per heavy atom. The number of unbranched alkanes of at least 4 members (excludes halogenated alkanes) is 1. The zero-order chi connectivity index (χ0) is 14.3. The van der Waals surface area contributed by atoms with Crippen molar-refractivity contribution in [3.8, 4) is 0 Å². The minimum atomic E-state index is -0.574. The molecule has 0 amide bonds. The number of hydrogen-bond donors (Lipinski definition) is 4. The van der Waals surface area contributed by atoms with Crippen LogP contribution in [-0.4, -0.2) is 34.6 Å². The van der Waals surface area contributed by atoms with Crippen molar-refractivity contribution in [3.63, 3.8) is 0 Å². The number of aliphatic hydroxyl groups is 2. The summed E-state index contributed by atoms with van der Waals surface area (Å²) in [6, 6.07) is 0. The molecule has 0 aromatic rings. The van der Waals surface area contributed by atoms with E-state index in [9.17, 15) is 5.11 Å². The average molecular weight is 246 g/mol. The van der Waals surface area contributed by atoms with Crippen LogP contribution in [0.1, 0.15) is 40.0 Å². The molecule has 4 N–H and O–H groups in total. The van der Waals surface area contributed by atoms with Gasteiger partial charge in [0.15, 0.2) is 0 Å². The fourth-order valence-electron chi connectivity index (χ4n) is 0.916. The molecule has 0 aromatic carbocycles. The number of carbonyl (C=O) groups excluding carboxylic acids is 2.